The van der Waals surface area contributed by atoms with Crippen molar-refractivity contribution in [3.05, 3.63) is 0 Å². The van der Waals surface area contributed by atoms with Crippen LogP contribution in [0, 0.1) is 5.92 Å². The second kappa shape index (κ2) is 5.99. The summed E-state index contributed by atoms with van der Waals surface area (Å²) < 4.78 is 25.9. The zero-order valence-electron chi connectivity index (χ0n) is 10.5. The number of carbonyl (C=O) groups excluding carboxylic acids is 1. The molecule has 2 rings (SSSR count). The van der Waals surface area contributed by atoms with E-state index in [1.807, 2.05) is 0 Å². The molecule has 0 unspecified atom stereocenters. The normalized spacial score (nSPS) is 24.6. The Morgan fingerprint density at radius 1 is 1.22 bits per heavy atom. The second-order valence-electron chi connectivity index (χ2n) is 5.01. The van der Waals surface area contributed by atoms with Crippen LogP contribution in [0.3, 0.4) is 0 Å². The van der Waals surface area contributed by atoms with Gasteiger partial charge in [-0.15, -0.1) is 0 Å². The minimum atomic E-state index is -3.29. The lowest BCUT2D eigenvalue weighted by atomic mass is 10.0. The van der Waals surface area contributed by atoms with Crippen molar-refractivity contribution in [1.82, 2.24) is 14.9 Å². The van der Waals surface area contributed by atoms with Crippen molar-refractivity contribution in [2.75, 3.05) is 38.5 Å². The van der Waals surface area contributed by atoms with Crippen LogP contribution < -0.4 is 10.6 Å². The summed E-state index contributed by atoms with van der Waals surface area (Å²) in [6.07, 6.45) is 2.50. The van der Waals surface area contributed by atoms with Crippen LogP contribution in [0.15, 0.2) is 0 Å². The summed E-state index contributed by atoms with van der Waals surface area (Å²) in [6, 6.07) is 0. The highest BCUT2D eigenvalue weighted by Gasteiger charge is 2.29. The Labute approximate surface area is 108 Å². The summed E-state index contributed by atoms with van der Waals surface area (Å²) >= 11 is 0. The molecule has 104 valence electrons. The topological polar surface area (TPSA) is 78.5 Å². The number of sulfonamides is 1. The number of nitrogens with one attached hydrogen (secondary N) is 2. The van der Waals surface area contributed by atoms with Crippen LogP contribution in [0.1, 0.15) is 19.3 Å². The molecule has 0 saturated carbocycles. The van der Waals surface area contributed by atoms with E-state index >= 15 is 0 Å². The quantitative estimate of drug-likeness (QED) is 0.702. The van der Waals surface area contributed by atoms with E-state index < -0.39 is 10.0 Å². The van der Waals surface area contributed by atoms with Gasteiger partial charge in [-0.3, -0.25) is 4.79 Å². The van der Waals surface area contributed by atoms with Crippen molar-refractivity contribution in [3.8, 4) is 0 Å². The molecule has 2 fully saturated rings. The Hall–Kier alpha value is -0.660. The molecule has 0 radical (unpaired) electrons. The second-order valence-corrected chi connectivity index (χ2v) is 7.02. The average molecular weight is 275 g/mol. The predicted molar refractivity (Wildman–Crippen MR) is 68.6 cm³/mol. The van der Waals surface area contributed by atoms with Crippen molar-refractivity contribution in [2.45, 2.75) is 19.3 Å². The molecule has 2 N–H and O–H groups in total. The molecule has 2 aliphatic heterocycles. The largest absolute Gasteiger partial charge is 0.355 e. The van der Waals surface area contributed by atoms with Crippen molar-refractivity contribution in [3.63, 3.8) is 0 Å². The fourth-order valence-corrected chi connectivity index (χ4v) is 4.33. The van der Waals surface area contributed by atoms with Gasteiger partial charge in [-0.05, 0) is 38.3 Å². The van der Waals surface area contributed by atoms with Gasteiger partial charge in [0.15, 0.2) is 0 Å². The van der Waals surface area contributed by atoms with Gasteiger partial charge < -0.3 is 10.6 Å². The zero-order valence-corrected chi connectivity index (χ0v) is 11.3. The molecule has 7 heteroatoms. The van der Waals surface area contributed by atoms with Crippen LogP contribution >= 0.6 is 0 Å². The fraction of sp³-hybridized carbons (Fsp3) is 0.909. The summed E-state index contributed by atoms with van der Waals surface area (Å²) in [5.74, 6) is 0.214. The molecule has 0 bridgehead atoms. The highest BCUT2D eigenvalue weighted by Crippen LogP contribution is 2.17. The van der Waals surface area contributed by atoms with Gasteiger partial charge in [0.2, 0.25) is 15.9 Å². The Morgan fingerprint density at radius 3 is 2.67 bits per heavy atom. The van der Waals surface area contributed by atoms with Gasteiger partial charge in [0.05, 0.1) is 12.3 Å². The van der Waals surface area contributed by atoms with Gasteiger partial charge in [0.1, 0.15) is 0 Å². The van der Waals surface area contributed by atoms with Crippen LogP contribution in [-0.4, -0.2) is 57.1 Å². The maximum absolute atomic E-state index is 12.3. The Morgan fingerprint density at radius 2 is 1.94 bits per heavy atom. The average Bonchev–Trinajstić information content (AvgIpc) is 2.55. The van der Waals surface area contributed by atoms with E-state index in [9.17, 15) is 13.2 Å². The minimum absolute atomic E-state index is 0.0205. The Bertz CT molecular complexity index is 390. The highest BCUT2D eigenvalue weighted by molar-refractivity contribution is 7.89. The third-order valence-electron chi connectivity index (χ3n) is 3.52. The van der Waals surface area contributed by atoms with Gasteiger partial charge in [0.25, 0.3) is 0 Å². The number of hydrogen-bond acceptors (Lipinski definition) is 4. The van der Waals surface area contributed by atoms with Crippen molar-refractivity contribution in [2.24, 2.45) is 5.92 Å². The van der Waals surface area contributed by atoms with Gasteiger partial charge in [-0.25, -0.2) is 8.42 Å². The first-order chi connectivity index (χ1) is 8.58. The van der Waals surface area contributed by atoms with E-state index in [4.69, 9.17) is 0 Å². The number of nitrogens with zero attached hydrogens (tertiary/aromatic N) is 1. The fourth-order valence-electron chi connectivity index (χ4n) is 2.47. The van der Waals surface area contributed by atoms with Crippen LogP contribution in [0.2, 0.25) is 0 Å². The maximum Gasteiger partial charge on any atom is 0.235 e. The third kappa shape index (κ3) is 3.66. The molecule has 2 saturated heterocycles. The SMILES string of the molecule is O=C1CN(S(=O)(=O)CC2CCNCC2)CCCN1. The third-order valence-corrected chi connectivity index (χ3v) is 5.52. The summed E-state index contributed by atoms with van der Waals surface area (Å²) in [5.41, 5.74) is 0. The lowest BCUT2D eigenvalue weighted by Crippen LogP contribution is -2.41. The van der Waals surface area contributed by atoms with E-state index in [1.165, 1.54) is 4.31 Å². The van der Waals surface area contributed by atoms with Crippen molar-refractivity contribution < 1.29 is 13.2 Å². The smallest absolute Gasteiger partial charge is 0.235 e. The highest BCUT2D eigenvalue weighted by atomic mass is 32.2. The summed E-state index contributed by atoms with van der Waals surface area (Å²) in [5, 5.41) is 5.92. The number of piperidine rings is 1. The number of hydrogen-bond donors (Lipinski definition) is 2. The molecule has 0 aromatic heterocycles. The first kappa shape index (κ1) is 13.8. The molecule has 0 spiro atoms. The molecule has 0 atom stereocenters. The minimum Gasteiger partial charge on any atom is -0.355 e. The van der Waals surface area contributed by atoms with E-state index in [2.05, 4.69) is 10.6 Å². The van der Waals surface area contributed by atoms with Crippen LogP contribution in [0.5, 0.6) is 0 Å². The monoisotopic (exact) mass is 275 g/mol. The first-order valence-corrected chi connectivity index (χ1v) is 8.14. The van der Waals surface area contributed by atoms with Crippen LogP contribution in [0.25, 0.3) is 0 Å². The molecular weight excluding hydrogens is 254 g/mol. The van der Waals surface area contributed by atoms with Gasteiger partial charge in [-0.1, -0.05) is 0 Å². The van der Waals surface area contributed by atoms with E-state index in [-0.39, 0.29) is 24.1 Å². The molecule has 1 amide bonds. The maximum atomic E-state index is 12.3. The number of rotatable bonds is 3. The molecular formula is C11H21N3O3S. The van der Waals surface area contributed by atoms with Crippen LogP contribution in [-0.2, 0) is 14.8 Å². The van der Waals surface area contributed by atoms with E-state index in [0.717, 1.165) is 25.9 Å². The summed E-state index contributed by atoms with van der Waals surface area (Å²) in [4.78, 5) is 11.4. The molecule has 6 nitrogen and oxygen atoms in total. The van der Waals surface area contributed by atoms with E-state index in [1.54, 1.807) is 0 Å². The predicted octanol–water partition coefficient (Wildman–Crippen LogP) is -0.862. The molecule has 0 aromatic rings. The van der Waals surface area contributed by atoms with Crippen molar-refractivity contribution in [1.29, 1.82) is 0 Å². The van der Waals surface area contributed by atoms with Gasteiger partial charge in [0, 0.05) is 13.1 Å². The lowest BCUT2D eigenvalue weighted by molar-refractivity contribution is -0.120. The molecule has 2 aliphatic rings. The summed E-state index contributed by atoms with van der Waals surface area (Å²) in [7, 11) is -3.29. The zero-order chi connectivity index (χ0) is 13.0. The van der Waals surface area contributed by atoms with Crippen molar-refractivity contribution >= 4 is 15.9 Å². The van der Waals surface area contributed by atoms with Gasteiger partial charge in [-0.2, -0.15) is 4.31 Å². The molecule has 2 heterocycles. The lowest BCUT2D eigenvalue weighted by Gasteiger charge is -2.26. The molecule has 0 aliphatic carbocycles. The molecule has 0 aromatic carbocycles. The Kier molecular flexibility index (Phi) is 4.58. The summed E-state index contributed by atoms with van der Waals surface area (Å²) in [6.45, 7) is 2.78. The van der Waals surface area contributed by atoms with Gasteiger partial charge >= 0.3 is 0 Å². The first-order valence-electron chi connectivity index (χ1n) is 6.53. The molecule has 18 heavy (non-hydrogen) atoms. The number of carbonyl (C=O) groups is 1. The standard InChI is InChI=1S/C11H21N3O3S/c15-11-8-14(7-1-4-13-11)18(16,17)9-10-2-5-12-6-3-10/h10,12H,1-9H2,(H,13,15). The number of amides is 1. The Balaban J connectivity index is 1.97. The van der Waals surface area contributed by atoms with Crippen LogP contribution in [0.4, 0.5) is 0 Å². The van der Waals surface area contributed by atoms with E-state index in [0.29, 0.717) is 19.5 Å².